The summed E-state index contributed by atoms with van der Waals surface area (Å²) in [5.41, 5.74) is 0. The van der Waals surface area contributed by atoms with Crippen molar-refractivity contribution in [3.8, 4) is 0 Å². The molecule has 0 bridgehead atoms. The summed E-state index contributed by atoms with van der Waals surface area (Å²) < 4.78 is 0. The molecule has 14 heavy (non-hydrogen) atoms. The molecule has 63 valence electrons. The first kappa shape index (κ1) is 7.57. The molecule has 0 heterocycles. The van der Waals surface area contributed by atoms with Crippen LogP contribution in [0.15, 0.2) is 42.5 Å². The zero-order valence-electron chi connectivity index (χ0n) is 7.54. The van der Waals surface area contributed by atoms with Crippen LogP contribution in [0.25, 0.3) is 21.5 Å². The van der Waals surface area contributed by atoms with Gasteiger partial charge in [0.1, 0.15) is 0 Å². The highest BCUT2D eigenvalue weighted by molar-refractivity contribution is 5.97. The third kappa shape index (κ3) is 1.08. The average molecular weight is 175 g/mol. The van der Waals surface area contributed by atoms with Crippen LogP contribution < -0.4 is 0 Å². The molecule has 0 atom stereocenters. The first-order valence-electron chi connectivity index (χ1n) is 4.55. The molecule has 3 aromatic rings. The number of benzene rings is 3. The van der Waals surface area contributed by atoms with E-state index in [9.17, 15) is 0 Å². The third-order valence-electron chi connectivity index (χ3n) is 2.43. The molecular formula is C14H7. The molecule has 0 aromatic heterocycles. The fourth-order valence-corrected chi connectivity index (χ4v) is 1.70. The van der Waals surface area contributed by atoms with Crippen molar-refractivity contribution in [1.29, 1.82) is 0 Å². The second-order valence-corrected chi connectivity index (χ2v) is 3.33. The van der Waals surface area contributed by atoms with Crippen LogP contribution >= 0.6 is 0 Å². The first-order chi connectivity index (χ1) is 6.93. The smallest absolute Gasteiger partial charge is 0.00923 e. The first-order valence-corrected chi connectivity index (χ1v) is 4.55. The van der Waals surface area contributed by atoms with E-state index in [4.69, 9.17) is 0 Å². The molecule has 0 aliphatic rings. The van der Waals surface area contributed by atoms with E-state index in [-0.39, 0.29) is 0 Å². The Morgan fingerprint density at radius 3 is 2.14 bits per heavy atom. The van der Waals surface area contributed by atoms with E-state index < -0.39 is 0 Å². The van der Waals surface area contributed by atoms with Gasteiger partial charge >= 0.3 is 0 Å². The van der Waals surface area contributed by atoms with Gasteiger partial charge in [0.25, 0.3) is 0 Å². The fourth-order valence-electron chi connectivity index (χ4n) is 1.70. The van der Waals surface area contributed by atoms with Gasteiger partial charge in [0.15, 0.2) is 0 Å². The van der Waals surface area contributed by atoms with Crippen molar-refractivity contribution in [3.63, 3.8) is 0 Å². The summed E-state index contributed by atoms with van der Waals surface area (Å²) in [5, 5.41) is 4.88. The van der Waals surface area contributed by atoms with E-state index in [0.717, 1.165) is 0 Å². The molecule has 3 rings (SSSR count). The van der Waals surface area contributed by atoms with Crippen molar-refractivity contribution < 1.29 is 0 Å². The van der Waals surface area contributed by atoms with Crippen molar-refractivity contribution in [2.45, 2.75) is 0 Å². The number of hydrogen-bond donors (Lipinski definition) is 0. The second kappa shape index (κ2) is 2.85. The normalized spacial score (nSPS) is 10.9. The molecule has 0 saturated heterocycles. The number of rotatable bonds is 0. The Hall–Kier alpha value is -1.82. The number of hydrogen-bond acceptors (Lipinski definition) is 0. The lowest BCUT2D eigenvalue weighted by Gasteiger charge is -2.00. The summed E-state index contributed by atoms with van der Waals surface area (Å²) in [5.74, 6) is 0. The predicted octanol–water partition coefficient (Wildman–Crippen LogP) is 3.39. The van der Waals surface area contributed by atoms with E-state index >= 15 is 0 Å². The molecule has 3 radical (unpaired) electrons. The molecule has 0 spiro atoms. The molecule has 0 fully saturated rings. The van der Waals surface area contributed by atoms with Gasteiger partial charge in [0.05, 0.1) is 0 Å². The van der Waals surface area contributed by atoms with E-state index in [1.165, 1.54) is 21.5 Å². The van der Waals surface area contributed by atoms with Crippen molar-refractivity contribution >= 4 is 21.5 Å². The van der Waals surface area contributed by atoms with Crippen LogP contribution in [0, 0.1) is 18.2 Å². The van der Waals surface area contributed by atoms with Crippen LogP contribution in [0.2, 0.25) is 0 Å². The van der Waals surface area contributed by atoms with Gasteiger partial charge in [-0.05, 0) is 70.1 Å². The van der Waals surface area contributed by atoms with E-state index in [2.05, 4.69) is 36.4 Å². The Bertz CT molecular complexity index is 489. The lowest BCUT2D eigenvalue weighted by molar-refractivity contribution is 1.73. The standard InChI is InChI=1S/C14H7/c1-2-6-12-10-14-8-4-3-7-13(14)9-11(12)5-1/h1,5-10H. The molecule has 0 nitrogen and oxygen atoms in total. The summed E-state index contributed by atoms with van der Waals surface area (Å²) >= 11 is 0. The van der Waals surface area contributed by atoms with Gasteiger partial charge in [-0.2, -0.15) is 0 Å². The molecule has 0 heteroatoms. The van der Waals surface area contributed by atoms with Crippen molar-refractivity contribution in [2.24, 2.45) is 0 Å². The Morgan fingerprint density at radius 1 is 0.714 bits per heavy atom. The van der Waals surface area contributed by atoms with Crippen LogP contribution in [-0.2, 0) is 0 Å². The van der Waals surface area contributed by atoms with Gasteiger partial charge in [-0.3, -0.25) is 0 Å². The van der Waals surface area contributed by atoms with Crippen molar-refractivity contribution in [3.05, 3.63) is 60.7 Å². The zero-order valence-corrected chi connectivity index (χ0v) is 7.54. The maximum absolute atomic E-state index is 3.08. The van der Waals surface area contributed by atoms with Gasteiger partial charge < -0.3 is 0 Å². The highest BCUT2D eigenvalue weighted by Crippen LogP contribution is 2.21. The Morgan fingerprint density at radius 2 is 1.36 bits per heavy atom. The average Bonchev–Trinajstić information content (AvgIpc) is 2.26. The SMILES string of the molecule is [c]1[c]cc2cc3cc[c]cc3cc2c1. The maximum atomic E-state index is 3.08. The van der Waals surface area contributed by atoms with Crippen LogP contribution in [0.4, 0.5) is 0 Å². The van der Waals surface area contributed by atoms with Crippen LogP contribution in [0.1, 0.15) is 0 Å². The summed E-state index contributed by atoms with van der Waals surface area (Å²) in [4.78, 5) is 0. The predicted molar refractivity (Wildman–Crippen MR) is 58.0 cm³/mol. The molecule has 0 aliphatic carbocycles. The van der Waals surface area contributed by atoms with Gasteiger partial charge in [0.2, 0.25) is 0 Å². The number of fused-ring (bicyclic) bond motifs is 2. The summed E-state index contributed by atoms with van der Waals surface area (Å²) in [6.45, 7) is 0. The minimum Gasteiger partial charge on any atom is -0.0537 e. The fraction of sp³-hybridized carbons (Fsp3) is 0. The third-order valence-corrected chi connectivity index (χ3v) is 2.43. The Labute approximate surface area is 82.8 Å². The quantitative estimate of drug-likeness (QED) is 0.459. The van der Waals surface area contributed by atoms with Gasteiger partial charge in [0, 0.05) is 0 Å². The van der Waals surface area contributed by atoms with Crippen LogP contribution in [0.5, 0.6) is 0 Å². The van der Waals surface area contributed by atoms with Crippen molar-refractivity contribution in [2.75, 3.05) is 0 Å². The molecule has 0 amide bonds. The van der Waals surface area contributed by atoms with Crippen molar-refractivity contribution in [1.82, 2.24) is 0 Å². The van der Waals surface area contributed by atoms with E-state index in [0.29, 0.717) is 0 Å². The summed E-state index contributed by atoms with van der Waals surface area (Å²) in [6.07, 6.45) is 0. The lowest BCUT2D eigenvalue weighted by Crippen LogP contribution is -1.75. The molecular weight excluding hydrogens is 168 g/mol. The van der Waals surface area contributed by atoms with E-state index in [1.54, 1.807) is 0 Å². The molecule has 0 N–H and O–H groups in total. The molecule has 3 aromatic carbocycles. The highest BCUT2D eigenvalue weighted by atomic mass is 14.0. The monoisotopic (exact) mass is 175 g/mol. The zero-order chi connectivity index (χ0) is 9.38. The largest absolute Gasteiger partial charge is 0.0537 e. The Kier molecular flexibility index (Phi) is 1.54. The van der Waals surface area contributed by atoms with Gasteiger partial charge in [-0.15, -0.1) is 0 Å². The second-order valence-electron chi connectivity index (χ2n) is 3.33. The topological polar surface area (TPSA) is 0 Å². The van der Waals surface area contributed by atoms with Gasteiger partial charge in [-0.1, -0.05) is 12.1 Å². The maximum Gasteiger partial charge on any atom is -0.00923 e. The van der Waals surface area contributed by atoms with Crippen LogP contribution in [0.3, 0.4) is 0 Å². The highest BCUT2D eigenvalue weighted by Gasteiger charge is 1.95. The summed E-state index contributed by atoms with van der Waals surface area (Å²) in [7, 11) is 0. The van der Waals surface area contributed by atoms with Crippen LogP contribution in [-0.4, -0.2) is 0 Å². The lowest BCUT2D eigenvalue weighted by atomic mass is 10.0. The Balaban J connectivity index is 2.52. The van der Waals surface area contributed by atoms with E-state index in [1.807, 2.05) is 24.3 Å². The molecule has 0 aliphatic heterocycles. The minimum atomic E-state index is 1.20. The minimum absolute atomic E-state index is 1.20. The van der Waals surface area contributed by atoms with Gasteiger partial charge in [-0.25, -0.2) is 0 Å². The molecule has 0 unspecified atom stereocenters. The summed E-state index contributed by atoms with van der Waals surface area (Å²) in [6, 6.07) is 23.3. The molecule has 0 saturated carbocycles.